The largest absolute Gasteiger partial charge is 0.317 e. The molecule has 0 radical (unpaired) electrons. The van der Waals surface area contributed by atoms with Crippen LogP contribution in [0.2, 0.25) is 0 Å². The Morgan fingerprint density at radius 2 is 2.27 bits per heavy atom. The maximum atomic E-state index is 4.43. The Hall–Kier alpha value is -0.900. The summed E-state index contributed by atoms with van der Waals surface area (Å²) in [6.07, 6.45) is 5.52. The van der Waals surface area contributed by atoms with Crippen LogP contribution in [-0.2, 0) is 7.05 Å². The van der Waals surface area contributed by atoms with Crippen molar-refractivity contribution in [2.24, 2.45) is 13.0 Å². The summed E-state index contributed by atoms with van der Waals surface area (Å²) in [4.78, 5) is 4.38. The molecule has 3 unspecified atom stereocenters. The molecule has 84 valence electrons. The lowest BCUT2D eigenvalue weighted by Crippen LogP contribution is -2.34. The minimum absolute atomic E-state index is 0.525. The van der Waals surface area contributed by atoms with Gasteiger partial charge in [-0.25, -0.2) is 4.98 Å². The predicted octanol–water partition coefficient (Wildman–Crippen LogP) is 1.31. The Morgan fingerprint density at radius 1 is 1.47 bits per heavy atom. The number of aryl methyl sites for hydroxylation is 1. The number of rotatable bonds is 2. The molecule has 1 aromatic rings. The van der Waals surface area contributed by atoms with Crippen molar-refractivity contribution in [1.82, 2.24) is 20.1 Å². The number of nitrogens with zero attached hydrogens (tertiary/aromatic N) is 3. The second-order valence-corrected chi connectivity index (χ2v) is 4.66. The van der Waals surface area contributed by atoms with E-state index < -0.39 is 0 Å². The summed E-state index contributed by atoms with van der Waals surface area (Å²) in [6.45, 7) is 2.31. The van der Waals surface area contributed by atoms with Gasteiger partial charge < -0.3 is 5.32 Å². The first-order valence-corrected chi connectivity index (χ1v) is 5.73. The lowest BCUT2D eigenvalue weighted by Gasteiger charge is -2.32. The molecule has 1 heterocycles. The van der Waals surface area contributed by atoms with Gasteiger partial charge in [-0.05, 0) is 32.2 Å². The third kappa shape index (κ3) is 2.20. The molecule has 0 spiro atoms. The van der Waals surface area contributed by atoms with Crippen LogP contribution in [0.1, 0.15) is 37.9 Å². The molecule has 2 rings (SSSR count). The molecule has 1 aromatic heterocycles. The van der Waals surface area contributed by atoms with Gasteiger partial charge in [-0.1, -0.05) is 6.92 Å². The highest BCUT2D eigenvalue weighted by Crippen LogP contribution is 2.35. The summed E-state index contributed by atoms with van der Waals surface area (Å²) >= 11 is 0. The van der Waals surface area contributed by atoms with Crippen LogP contribution in [0.4, 0.5) is 0 Å². The van der Waals surface area contributed by atoms with Crippen LogP contribution in [-0.4, -0.2) is 27.9 Å². The molecule has 1 aliphatic carbocycles. The zero-order valence-corrected chi connectivity index (χ0v) is 9.77. The van der Waals surface area contributed by atoms with E-state index in [2.05, 4.69) is 22.3 Å². The second-order valence-electron chi connectivity index (χ2n) is 4.66. The van der Waals surface area contributed by atoms with Crippen LogP contribution >= 0.6 is 0 Å². The third-order valence-electron chi connectivity index (χ3n) is 3.55. The van der Waals surface area contributed by atoms with Gasteiger partial charge >= 0.3 is 0 Å². The first-order valence-electron chi connectivity index (χ1n) is 5.73. The van der Waals surface area contributed by atoms with E-state index in [9.17, 15) is 0 Å². The molecule has 0 aromatic carbocycles. The van der Waals surface area contributed by atoms with Crippen molar-refractivity contribution in [3.63, 3.8) is 0 Å². The minimum Gasteiger partial charge on any atom is -0.317 e. The van der Waals surface area contributed by atoms with Gasteiger partial charge in [0.1, 0.15) is 6.33 Å². The molecule has 0 amide bonds. The molecule has 1 fully saturated rings. The average Bonchev–Trinajstić information content (AvgIpc) is 2.65. The molecule has 0 bridgehead atoms. The van der Waals surface area contributed by atoms with Crippen LogP contribution in [0.5, 0.6) is 0 Å². The van der Waals surface area contributed by atoms with Crippen molar-refractivity contribution in [2.75, 3.05) is 7.05 Å². The average molecular weight is 208 g/mol. The van der Waals surface area contributed by atoms with Gasteiger partial charge in [0.2, 0.25) is 0 Å². The third-order valence-corrected chi connectivity index (χ3v) is 3.55. The molecule has 1 N–H and O–H groups in total. The summed E-state index contributed by atoms with van der Waals surface area (Å²) in [6, 6.07) is 0.634. The van der Waals surface area contributed by atoms with E-state index in [1.807, 2.05) is 14.1 Å². The van der Waals surface area contributed by atoms with Crippen LogP contribution in [0.15, 0.2) is 6.33 Å². The number of hydrogen-bond acceptors (Lipinski definition) is 3. The normalized spacial score (nSPS) is 31.8. The SMILES string of the molecule is CNC1CCC(C)C(c2ncn(C)n2)C1. The Kier molecular flexibility index (Phi) is 3.05. The van der Waals surface area contributed by atoms with Gasteiger partial charge in [-0.15, -0.1) is 0 Å². The fraction of sp³-hybridized carbons (Fsp3) is 0.818. The zero-order valence-electron chi connectivity index (χ0n) is 9.77. The van der Waals surface area contributed by atoms with Gasteiger partial charge in [-0.3, -0.25) is 4.68 Å². The molecular formula is C11H20N4. The molecule has 3 atom stereocenters. The van der Waals surface area contributed by atoms with Crippen molar-refractivity contribution in [2.45, 2.75) is 38.1 Å². The molecule has 1 saturated carbocycles. The fourth-order valence-electron chi connectivity index (χ4n) is 2.47. The molecule has 0 aliphatic heterocycles. The van der Waals surface area contributed by atoms with Crippen LogP contribution in [0, 0.1) is 5.92 Å². The molecule has 4 heteroatoms. The van der Waals surface area contributed by atoms with Gasteiger partial charge in [0, 0.05) is 19.0 Å². The Labute approximate surface area is 91.1 Å². The molecule has 15 heavy (non-hydrogen) atoms. The second kappa shape index (κ2) is 4.31. The summed E-state index contributed by atoms with van der Waals surface area (Å²) in [5, 5.41) is 7.80. The van der Waals surface area contributed by atoms with E-state index >= 15 is 0 Å². The van der Waals surface area contributed by atoms with Crippen molar-refractivity contribution < 1.29 is 0 Å². The number of hydrogen-bond donors (Lipinski definition) is 1. The predicted molar refractivity (Wildman–Crippen MR) is 59.6 cm³/mol. The van der Waals surface area contributed by atoms with Gasteiger partial charge in [-0.2, -0.15) is 5.10 Å². The summed E-state index contributed by atoms with van der Waals surface area (Å²) in [5.41, 5.74) is 0. The standard InChI is InChI=1S/C11H20N4/c1-8-4-5-9(12-2)6-10(8)11-13-7-15(3)14-11/h7-10,12H,4-6H2,1-3H3. The van der Waals surface area contributed by atoms with Crippen LogP contribution in [0.25, 0.3) is 0 Å². The number of nitrogens with one attached hydrogen (secondary N) is 1. The highest BCUT2D eigenvalue weighted by Gasteiger charge is 2.30. The van der Waals surface area contributed by atoms with Crippen LogP contribution < -0.4 is 5.32 Å². The lowest BCUT2D eigenvalue weighted by atomic mass is 9.77. The first kappa shape index (κ1) is 10.6. The van der Waals surface area contributed by atoms with Crippen molar-refractivity contribution in [3.8, 4) is 0 Å². The van der Waals surface area contributed by atoms with Crippen molar-refractivity contribution >= 4 is 0 Å². The van der Waals surface area contributed by atoms with Gasteiger partial charge in [0.25, 0.3) is 0 Å². The first-order chi connectivity index (χ1) is 7.20. The van der Waals surface area contributed by atoms with Crippen molar-refractivity contribution in [3.05, 3.63) is 12.2 Å². The fourth-order valence-corrected chi connectivity index (χ4v) is 2.47. The summed E-state index contributed by atoms with van der Waals surface area (Å²) in [5.74, 6) is 2.25. The summed E-state index contributed by atoms with van der Waals surface area (Å²) in [7, 11) is 3.98. The van der Waals surface area contributed by atoms with E-state index in [1.165, 1.54) is 19.3 Å². The van der Waals surface area contributed by atoms with E-state index in [0.29, 0.717) is 17.9 Å². The quantitative estimate of drug-likeness (QED) is 0.796. The highest BCUT2D eigenvalue weighted by atomic mass is 15.3. The Morgan fingerprint density at radius 3 is 2.87 bits per heavy atom. The zero-order chi connectivity index (χ0) is 10.8. The van der Waals surface area contributed by atoms with Gasteiger partial charge in [0.05, 0.1) is 0 Å². The molecular weight excluding hydrogens is 188 g/mol. The highest BCUT2D eigenvalue weighted by molar-refractivity contribution is 5.00. The number of aromatic nitrogens is 3. The summed E-state index contributed by atoms with van der Waals surface area (Å²) < 4.78 is 1.80. The maximum absolute atomic E-state index is 4.43. The van der Waals surface area contributed by atoms with Gasteiger partial charge in [0.15, 0.2) is 5.82 Å². The van der Waals surface area contributed by atoms with E-state index in [1.54, 1.807) is 11.0 Å². The van der Waals surface area contributed by atoms with Crippen molar-refractivity contribution in [1.29, 1.82) is 0 Å². The Balaban J connectivity index is 2.12. The monoisotopic (exact) mass is 208 g/mol. The minimum atomic E-state index is 0.525. The van der Waals surface area contributed by atoms with E-state index in [-0.39, 0.29) is 0 Å². The lowest BCUT2D eigenvalue weighted by molar-refractivity contribution is 0.269. The molecule has 0 saturated heterocycles. The van der Waals surface area contributed by atoms with E-state index in [4.69, 9.17) is 0 Å². The maximum Gasteiger partial charge on any atom is 0.153 e. The van der Waals surface area contributed by atoms with E-state index in [0.717, 1.165) is 5.82 Å². The topological polar surface area (TPSA) is 42.7 Å². The van der Waals surface area contributed by atoms with Crippen LogP contribution in [0.3, 0.4) is 0 Å². The molecule has 1 aliphatic rings. The smallest absolute Gasteiger partial charge is 0.153 e. The molecule has 4 nitrogen and oxygen atoms in total. The Bertz CT molecular complexity index is 320.